The fourth-order valence-electron chi connectivity index (χ4n) is 0.673. The summed E-state index contributed by atoms with van der Waals surface area (Å²) in [5.41, 5.74) is 0. The summed E-state index contributed by atoms with van der Waals surface area (Å²) in [5, 5.41) is 52.6. The van der Waals surface area contributed by atoms with Crippen LogP contribution >= 0.6 is 0 Å². The zero-order chi connectivity index (χ0) is 9.46. The zero-order valence-corrected chi connectivity index (χ0v) is 6.68. The minimum Gasteiger partial charge on any atom is -1.00 e. The van der Waals surface area contributed by atoms with Crippen LogP contribution in [0.15, 0.2) is 0 Å². The van der Waals surface area contributed by atoms with Crippen molar-refractivity contribution >= 4 is 0 Å². The molecule has 0 aliphatic rings. The Morgan fingerprint density at radius 1 is 0.462 bits per heavy atom. The number of benzene rings is 1. The van der Waals surface area contributed by atoms with Gasteiger partial charge >= 0.3 is 18.9 Å². The Hall–Kier alpha value is -1.38. The smallest absolute Gasteiger partial charge is 1.00 e. The molecule has 0 aromatic heterocycles. The van der Waals surface area contributed by atoms with Crippen molar-refractivity contribution in [2.24, 2.45) is 0 Å². The van der Waals surface area contributed by atoms with Crippen LogP contribution in [0.5, 0.6) is 34.5 Å². The van der Waals surface area contributed by atoms with Crippen molar-refractivity contribution in [3.05, 3.63) is 0 Å². The molecule has 6 nitrogen and oxygen atoms in total. The van der Waals surface area contributed by atoms with Crippen molar-refractivity contribution in [3.8, 4) is 34.5 Å². The van der Waals surface area contributed by atoms with Gasteiger partial charge in [0.2, 0.25) is 34.5 Å². The van der Waals surface area contributed by atoms with Gasteiger partial charge in [-0.1, -0.05) is 0 Å². The second-order valence-electron chi connectivity index (χ2n) is 2.09. The van der Waals surface area contributed by atoms with E-state index >= 15 is 0 Å². The SMILES string of the molecule is Oc1c(O)c(O)c(O)c(O)c1O.[H-].[Li+]. The molecule has 0 amide bonds. The maximum absolute atomic E-state index is 8.76. The molecule has 1 rings (SSSR count). The summed E-state index contributed by atoms with van der Waals surface area (Å²) in [6.45, 7) is 0. The third-order valence-corrected chi connectivity index (χ3v) is 1.35. The van der Waals surface area contributed by atoms with Crippen molar-refractivity contribution < 1.29 is 50.9 Å². The van der Waals surface area contributed by atoms with Crippen LogP contribution in [-0.4, -0.2) is 30.6 Å². The minimum absolute atomic E-state index is 0. The molecule has 0 aliphatic carbocycles. The van der Waals surface area contributed by atoms with Gasteiger partial charge in [0.15, 0.2) is 0 Å². The summed E-state index contributed by atoms with van der Waals surface area (Å²) in [7, 11) is 0. The average Bonchev–Trinajstić information content (AvgIpc) is 2.08. The van der Waals surface area contributed by atoms with E-state index in [1.165, 1.54) is 0 Å². The number of hydrogen-bond acceptors (Lipinski definition) is 6. The summed E-state index contributed by atoms with van der Waals surface area (Å²) >= 11 is 0. The fraction of sp³-hybridized carbons (Fsp3) is 0. The number of hydrogen-bond donors (Lipinski definition) is 6. The van der Waals surface area contributed by atoms with Crippen LogP contribution < -0.4 is 18.9 Å². The van der Waals surface area contributed by atoms with Gasteiger partial charge in [-0.25, -0.2) is 0 Å². The van der Waals surface area contributed by atoms with Gasteiger partial charge < -0.3 is 32.1 Å². The molecule has 6 N–H and O–H groups in total. The van der Waals surface area contributed by atoms with Crippen LogP contribution in [-0.2, 0) is 0 Å². The molecule has 0 spiro atoms. The first-order chi connectivity index (χ1) is 5.46. The number of rotatable bonds is 0. The van der Waals surface area contributed by atoms with Crippen molar-refractivity contribution in [2.75, 3.05) is 0 Å². The predicted octanol–water partition coefficient (Wildman–Crippen LogP) is -2.96. The van der Waals surface area contributed by atoms with Crippen molar-refractivity contribution in [2.45, 2.75) is 0 Å². The summed E-state index contributed by atoms with van der Waals surface area (Å²) in [6, 6.07) is 0. The molecule has 68 valence electrons. The first-order valence-electron chi connectivity index (χ1n) is 2.84. The van der Waals surface area contributed by atoms with E-state index in [0.29, 0.717) is 0 Å². The molecule has 13 heavy (non-hydrogen) atoms. The second-order valence-corrected chi connectivity index (χ2v) is 2.09. The van der Waals surface area contributed by atoms with Crippen LogP contribution in [0.2, 0.25) is 0 Å². The van der Waals surface area contributed by atoms with Gasteiger partial charge in [0.05, 0.1) is 0 Å². The van der Waals surface area contributed by atoms with E-state index in [1.807, 2.05) is 0 Å². The zero-order valence-electron chi connectivity index (χ0n) is 7.68. The van der Waals surface area contributed by atoms with E-state index in [0.717, 1.165) is 0 Å². The first kappa shape index (κ1) is 11.6. The maximum atomic E-state index is 8.76. The van der Waals surface area contributed by atoms with E-state index in [4.69, 9.17) is 30.6 Å². The van der Waals surface area contributed by atoms with Gasteiger partial charge in [-0.05, 0) is 0 Å². The number of phenols is 6. The Balaban J connectivity index is 0. The quantitative estimate of drug-likeness (QED) is 0.145. The van der Waals surface area contributed by atoms with Crippen LogP contribution in [0, 0.1) is 0 Å². The standard InChI is InChI=1S/C6H6O6.Li.H/c7-1-2(8)4(10)6(12)5(11)3(1)9;;/h7-12H;;/q;+1;-1. The van der Waals surface area contributed by atoms with E-state index in [9.17, 15) is 0 Å². The Kier molecular flexibility index (Phi) is 3.18. The van der Waals surface area contributed by atoms with Gasteiger partial charge in [0.25, 0.3) is 0 Å². The molecule has 0 atom stereocenters. The van der Waals surface area contributed by atoms with E-state index in [2.05, 4.69) is 0 Å². The second kappa shape index (κ2) is 3.56. The summed E-state index contributed by atoms with van der Waals surface area (Å²) < 4.78 is 0. The molecule has 0 unspecified atom stereocenters. The van der Waals surface area contributed by atoms with Crippen molar-refractivity contribution in [1.82, 2.24) is 0 Å². The normalized spacial score (nSPS) is 9.23. The summed E-state index contributed by atoms with van der Waals surface area (Å²) in [6.07, 6.45) is 0. The fourth-order valence-corrected chi connectivity index (χ4v) is 0.673. The number of phenolic OH excluding ortho intramolecular Hbond substituents is 6. The first-order valence-corrected chi connectivity index (χ1v) is 2.84. The minimum atomic E-state index is -1.09. The largest absolute Gasteiger partial charge is 1.00 e. The Morgan fingerprint density at radius 3 is 0.615 bits per heavy atom. The Bertz CT molecular complexity index is 237. The molecule has 0 saturated carbocycles. The molecule has 0 bridgehead atoms. The Labute approximate surface area is 86.0 Å². The van der Waals surface area contributed by atoms with Crippen molar-refractivity contribution in [3.63, 3.8) is 0 Å². The van der Waals surface area contributed by atoms with Gasteiger partial charge in [0.1, 0.15) is 0 Å². The average molecular weight is 182 g/mol. The van der Waals surface area contributed by atoms with Crippen molar-refractivity contribution in [1.29, 1.82) is 0 Å². The maximum Gasteiger partial charge on any atom is 1.00 e. The van der Waals surface area contributed by atoms with E-state index in [1.54, 1.807) is 0 Å². The topological polar surface area (TPSA) is 121 Å². The van der Waals surface area contributed by atoms with Gasteiger partial charge in [-0.2, -0.15) is 0 Å². The Morgan fingerprint density at radius 2 is 0.538 bits per heavy atom. The van der Waals surface area contributed by atoms with Crippen LogP contribution in [0.1, 0.15) is 1.43 Å². The van der Waals surface area contributed by atoms with E-state index < -0.39 is 34.5 Å². The molecule has 0 heterocycles. The monoisotopic (exact) mass is 182 g/mol. The molecule has 0 fully saturated rings. The molecule has 1 aromatic carbocycles. The van der Waals surface area contributed by atoms with E-state index in [-0.39, 0.29) is 20.3 Å². The van der Waals surface area contributed by atoms with Gasteiger partial charge in [-0.15, -0.1) is 0 Å². The molecule has 0 saturated heterocycles. The molecule has 7 heteroatoms. The molecular weight excluding hydrogens is 175 g/mol. The van der Waals surface area contributed by atoms with Crippen LogP contribution in [0.3, 0.4) is 0 Å². The molecule has 1 aromatic rings. The summed E-state index contributed by atoms with van der Waals surface area (Å²) in [5.74, 6) is -6.57. The van der Waals surface area contributed by atoms with Crippen LogP contribution in [0.25, 0.3) is 0 Å². The third-order valence-electron chi connectivity index (χ3n) is 1.35. The summed E-state index contributed by atoms with van der Waals surface area (Å²) in [4.78, 5) is 0. The number of aromatic hydroxyl groups is 6. The third kappa shape index (κ3) is 1.54. The molecule has 0 radical (unpaired) electrons. The predicted molar refractivity (Wildman–Crippen MR) is 37.5 cm³/mol. The molecule has 0 aliphatic heterocycles. The molecular formula is C6H7LiO6. The van der Waals surface area contributed by atoms with Crippen LogP contribution in [0.4, 0.5) is 0 Å². The van der Waals surface area contributed by atoms with Gasteiger partial charge in [0, 0.05) is 0 Å². The van der Waals surface area contributed by atoms with Gasteiger partial charge in [-0.3, -0.25) is 0 Å².